The number of hydrogen-bond acceptors (Lipinski definition) is 3. The predicted octanol–water partition coefficient (Wildman–Crippen LogP) is 1.68. The Morgan fingerprint density at radius 3 is 2.95 bits per heavy atom. The van der Waals surface area contributed by atoms with E-state index < -0.39 is 0 Å². The fourth-order valence-corrected chi connectivity index (χ4v) is 1.71. The summed E-state index contributed by atoms with van der Waals surface area (Å²) in [5.74, 6) is -0.104. The van der Waals surface area contributed by atoms with Gasteiger partial charge in [0.15, 0.2) is 0 Å². The van der Waals surface area contributed by atoms with E-state index in [9.17, 15) is 9.18 Å². The number of carbonyl (C=O) groups is 1. The average Bonchev–Trinajstić information content (AvgIpc) is 2.75. The molecule has 20 heavy (non-hydrogen) atoms. The number of aromatic nitrogens is 2. The van der Waals surface area contributed by atoms with Crippen LogP contribution in [0.5, 0.6) is 5.75 Å². The summed E-state index contributed by atoms with van der Waals surface area (Å²) in [6.45, 7) is 2.43. The highest BCUT2D eigenvalue weighted by Gasteiger charge is 2.11. The SMILES string of the molecule is Cc1c(C(=O)NCCOc2cccc(F)c2)cnn1C. The molecule has 0 aliphatic heterocycles. The molecule has 1 aromatic carbocycles. The molecule has 0 fully saturated rings. The Morgan fingerprint density at radius 1 is 1.50 bits per heavy atom. The Balaban J connectivity index is 1.79. The second-order valence-electron chi connectivity index (χ2n) is 4.33. The van der Waals surface area contributed by atoms with Crippen LogP contribution in [0.2, 0.25) is 0 Å². The molecule has 1 heterocycles. The summed E-state index contributed by atoms with van der Waals surface area (Å²) < 4.78 is 19.9. The molecule has 0 bridgehead atoms. The summed E-state index contributed by atoms with van der Waals surface area (Å²) in [6, 6.07) is 5.88. The van der Waals surface area contributed by atoms with Crippen molar-refractivity contribution in [3.8, 4) is 5.75 Å². The zero-order valence-corrected chi connectivity index (χ0v) is 11.4. The maximum atomic E-state index is 12.9. The molecule has 0 aliphatic rings. The average molecular weight is 277 g/mol. The Labute approximate surface area is 116 Å². The van der Waals surface area contributed by atoms with Crippen molar-refractivity contribution in [3.63, 3.8) is 0 Å². The molecular formula is C14H16FN3O2. The topological polar surface area (TPSA) is 56.1 Å². The van der Waals surface area contributed by atoms with E-state index in [1.807, 2.05) is 6.92 Å². The van der Waals surface area contributed by atoms with Crippen LogP contribution in [0.4, 0.5) is 4.39 Å². The monoisotopic (exact) mass is 277 g/mol. The van der Waals surface area contributed by atoms with E-state index in [0.717, 1.165) is 5.69 Å². The quantitative estimate of drug-likeness (QED) is 0.846. The van der Waals surface area contributed by atoms with Gasteiger partial charge in [0.25, 0.3) is 5.91 Å². The standard InChI is InChI=1S/C14H16FN3O2/c1-10-13(9-17-18(10)2)14(19)16-6-7-20-12-5-3-4-11(15)8-12/h3-5,8-9H,6-7H2,1-2H3,(H,16,19). The molecule has 2 rings (SSSR count). The summed E-state index contributed by atoms with van der Waals surface area (Å²) in [5, 5.41) is 6.73. The molecule has 0 saturated carbocycles. The molecule has 2 aromatic rings. The summed E-state index contributed by atoms with van der Waals surface area (Å²) in [5.41, 5.74) is 1.34. The van der Waals surface area contributed by atoms with Gasteiger partial charge in [-0.15, -0.1) is 0 Å². The van der Waals surface area contributed by atoms with E-state index >= 15 is 0 Å². The fourth-order valence-electron chi connectivity index (χ4n) is 1.71. The molecular weight excluding hydrogens is 261 g/mol. The number of hydrogen-bond donors (Lipinski definition) is 1. The van der Waals surface area contributed by atoms with Crippen molar-refractivity contribution in [2.45, 2.75) is 6.92 Å². The van der Waals surface area contributed by atoms with Gasteiger partial charge in [-0.05, 0) is 19.1 Å². The molecule has 0 spiro atoms. The van der Waals surface area contributed by atoms with Crippen molar-refractivity contribution in [1.29, 1.82) is 0 Å². The van der Waals surface area contributed by atoms with Gasteiger partial charge in [0.1, 0.15) is 18.2 Å². The van der Waals surface area contributed by atoms with Crippen LogP contribution in [0.25, 0.3) is 0 Å². The van der Waals surface area contributed by atoms with Gasteiger partial charge in [0.2, 0.25) is 0 Å². The first kappa shape index (κ1) is 14.0. The van der Waals surface area contributed by atoms with Gasteiger partial charge in [0.05, 0.1) is 18.3 Å². The molecule has 106 valence electrons. The number of carbonyl (C=O) groups excluding carboxylic acids is 1. The molecule has 0 aliphatic carbocycles. The van der Waals surface area contributed by atoms with Crippen LogP contribution in [0.15, 0.2) is 30.5 Å². The van der Waals surface area contributed by atoms with Crippen molar-refractivity contribution in [2.24, 2.45) is 7.05 Å². The highest BCUT2D eigenvalue weighted by atomic mass is 19.1. The number of nitrogens with one attached hydrogen (secondary N) is 1. The third kappa shape index (κ3) is 3.34. The zero-order chi connectivity index (χ0) is 14.5. The molecule has 0 atom stereocenters. The smallest absolute Gasteiger partial charge is 0.254 e. The number of rotatable bonds is 5. The third-order valence-corrected chi connectivity index (χ3v) is 2.93. The highest BCUT2D eigenvalue weighted by molar-refractivity contribution is 5.94. The van der Waals surface area contributed by atoms with E-state index in [0.29, 0.717) is 17.9 Å². The lowest BCUT2D eigenvalue weighted by molar-refractivity contribution is 0.0946. The predicted molar refractivity (Wildman–Crippen MR) is 72.2 cm³/mol. The minimum atomic E-state index is -0.350. The van der Waals surface area contributed by atoms with Crippen LogP contribution < -0.4 is 10.1 Å². The molecule has 0 saturated heterocycles. The number of nitrogens with zero attached hydrogens (tertiary/aromatic N) is 2. The Kier molecular flexibility index (Phi) is 4.34. The molecule has 1 aromatic heterocycles. The molecule has 1 amide bonds. The largest absolute Gasteiger partial charge is 0.492 e. The molecule has 6 heteroatoms. The Hall–Kier alpha value is -2.37. The summed E-state index contributed by atoms with van der Waals surface area (Å²) in [6.07, 6.45) is 1.53. The minimum Gasteiger partial charge on any atom is -0.492 e. The number of benzene rings is 1. The number of aryl methyl sites for hydroxylation is 1. The second kappa shape index (κ2) is 6.18. The van der Waals surface area contributed by atoms with Gasteiger partial charge in [0, 0.05) is 18.8 Å². The molecule has 1 N–H and O–H groups in total. The van der Waals surface area contributed by atoms with Crippen LogP contribution >= 0.6 is 0 Å². The van der Waals surface area contributed by atoms with E-state index in [1.165, 1.54) is 18.3 Å². The normalized spacial score (nSPS) is 10.3. The van der Waals surface area contributed by atoms with Gasteiger partial charge >= 0.3 is 0 Å². The van der Waals surface area contributed by atoms with Crippen molar-refractivity contribution >= 4 is 5.91 Å². The molecule has 0 radical (unpaired) electrons. The van der Waals surface area contributed by atoms with Crippen LogP contribution in [0.1, 0.15) is 16.1 Å². The van der Waals surface area contributed by atoms with Gasteiger partial charge < -0.3 is 10.1 Å². The van der Waals surface area contributed by atoms with Crippen LogP contribution in [0, 0.1) is 12.7 Å². The maximum absolute atomic E-state index is 12.9. The Morgan fingerprint density at radius 2 is 2.30 bits per heavy atom. The van der Waals surface area contributed by atoms with Crippen molar-refractivity contribution in [1.82, 2.24) is 15.1 Å². The van der Waals surface area contributed by atoms with Crippen molar-refractivity contribution in [2.75, 3.05) is 13.2 Å². The minimum absolute atomic E-state index is 0.196. The van der Waals surface area contributed by atoms with E-state index in [4.69, 9.17) is 4.74 Å². The number of amides is 1. The zero-order valence-electron chi connectivity index (χ0n) is 11.4. The summed E-state index contributed by atoms with van der Waals surface area (Å²) in [7, 11) is 1.78. The van der Waals surface area contributed by atoms with Crippen LogP contribution in [0.3, 0.4) is 0 Å². The van der Waals surface area contributed by atoms with Gasteiger partial charge in [-0.25, -0.2) is 4.39 Å². The first-order valence-corrected chi connectivity index (χ1v) is 6.23. The first-order valence-electron chi connectivity index (χ1n) is 6.23. The molecule has 5 nitrogen and oxygen atoms in total. The van der Waals surface area contributed by atoms with Gasteiger partial charge in [-0.1, -0.05) is 6.07 Å². The van der Waals surface area contributed by atoms with Gasteiger partial charge in [-0.3, -0.25) is 9.48 Å². The highest BCUT2D eigenvalue weighted by Crippen LogP contribution is 2.11. The van der Waals surface area contributed by atoms with Crippen molar-refractivity contribution in [3.05, 3.63) is 47.5 Å². The number of ether oxygens (including phenoxy) is 1. The van der Waals surface area contributed by atoms with Crippen LogP contribution in [-0.2, 0) is 7.05 Å². The van der Waals surface area contributed by atoms with Gasteiger partial charge in [-0.2, -0.15) is 5.10 Å². The lowest BCUT2D eigenvalue weighted by atomic mass is 10.2. The lowest BCUT2D eigenvalue weighted by Gasteiger charge is -2.07. The lowest BCUT2D eigenvalue weighted by Crippen LogP contribution is -2.28. The Bertz CT molecular complexity index is 610. The second-order valence-corrected chi connectivity index (χ2v) is 4.33. The van der Waals surface area contributed by atoms with Crippen LogP contribution in [-0.4, -0.2) is 28.8 Å². The molecule has 0 unspecified atom stereocenters. The van der Waals surface area contributed by atoms with E-state index in [-0.39, 0.29) is 18.3 Å². The van der Waals surface area contributed by atoms with Crippen molar-refractivity contribution < 1.29 is 13.9 Å². The van der Waals surface area contributed by atoms with E-state index in [2.05, 4.69) is 10.4 Å². The van der Waals surface area contributed by atoms with E-state index in [1.54, 1.807) is 23.9 Å². The maximum Gasteiger partial charge on any atom is 0.254 e. The fraction of sp³-hybridized carbons (Fsp3) is 0.286. The summed E-state index contributed by atoms with van der Waals surface area (Å²) in [4.78, 5) is 11.9. The summed E-state index contributed by atoms with van der Waals surface area (Å²) >= 11 is 0. The third-order valence-electron chi connectivity index (χ3n) is 2.93. The first-order chi connectivity index (χ1) is 9.58. The number of halogens is 1.